The molecule has 0 aliphatic carbocycles. The van der Waals surface area contributed by atoms with Gasteiger partial charge in [0.15, 0.2) is 0 Å². The van der Waals surface area contributed by atoms with Crippen molar-refractivity contribution in [2.24, 2.45) is 0 Å². The smallest absolute Gasteiger partial charge is 0.314 e. The molecule has 1 aliphatic heterocycles. The normalized spacial score (nSPS) is 16.9. The summed E-state index contributed by atoms with van der Waals surface area (Å²) in [6.45, 7) is 6.77. The summed E-state index contributed by atoms with van der Waals surface area (Å²) in [4.78, 5) is 13.9. The van der Waals surface area contributed by atoms with E-state index in [2.05, 4.69) is 46.7 Å². The molecule has 110 valence electrons. The Balaban J connectivity index is 1.73. The minimum Gasteiger partial charge on any atom is -0.368 e. The van der Waals surface area contributed by atoms with Crippen LogP contribution in [-0.4, -0.2) is 31.7 Å². The molecule has 0 saturated heterocycles. The highest BCUT2D eigenvalue weighted by Gasteiger charge is 2.24. The topological polar surface area (TPSA) is 44.4 Å². The number of rotatable bonds is 6. The summed E-state index contributed by atoms with van der Waals surface area (Å²) in [6.07, 6.45) is 3.06. The number of hydrogen-bond acceptors (Lipinski definition) is 2. The van der Waals surface area contributed by atoms with Gasteiger partial charge in [-0.2, -0.15) is 0 Å². The molecule has 1 aliphatic rings. The van der Waals surface area contributed by atoms with Gasteiger partial charge in [0.2, 0.25) is 0 Å². The maximum absolute atomic E-state index is 11.4. The molecule has 0 saturated carbocycles. The van der Waals surface area contributed by atoms with Crippen molar-refractivity contribution in [2.75, 3.05) is 24.5 Å². The van der Waals surface area contributed by atoms with Crippen LogP contribution in [0.2, 0.25) is 0 Å². The molecule has 4 nitrogen and oxygen atoms in total. The highest BCUT2D eigenvalue weighted by Crippen LogP contribution is 2.31. The van der Waals surface area contributed by atoms with Crippen molar-refractivity contribution >= 4 is 11.7 Å². The Morgan fingerprint density at radius 1 is 1.30 bits per heavy atom. The van der Waals surface area contributed by atoms with Gasteiger partial charge in [0.1, 0.15) is 0 Å². The lowest BCUT2D eigenvalue weighted by atomic mass is 10.1. The van der Waals surface area contributed by atoms with Gasteiger partial charge in [0.25, 0.3) is 0 Å². The van der Waals surface area contributed by atoms with Crippen LogP contribution < -0.4 is 15.5 Å². The molecule has 1 heterocycles. The van der Waals surface area contributed by atoms with E-state index in [1.54, 1.807) is 0 Å². The van der Waals surface area contributed by atoms with Gasteiger partial charge in [-0.3, -0.25) is 0 Å². The van der Waals surface area contributed by atoms with E-state index >= 15 is 0 Å². The number of para-hydroxylation sites is 1. The third-order valence-electron chi connectivity index (χ3n) is 3.75. The molecule has 1 atom stereocenters. The molecular weight excluding hydrogens is 250 g/mol. The van der Waals surface area contributed by atoms with E-state index in [1.165, 1.54) is 11.3 Å². The summed E-state index contributed by atoms with van der Waals surface area (Å²) in [7, 11) is 0. The lowest BCUT2D eigenvalue weighted by molar-refractivity contribution is 0.241. The molecule has 20 heavy (non-hydrogen) atoms. The van der Waals surface area contributed by atoms with Crippen LogP contribution in [0, 0.1) is 0 Å². The van der Waals surface area contributed by atoms with E-state index in [1.807, 2.05) is 6.92 Å². The number of anilines is 1. The Hall–Kier alpha value is -1.71. The minimum atomic E-state index is -0.0540. The Kier molecular flexibility index (Phi) is 5.27. The minimum absolute atomic E-state index is 0.0540. The standard InChI is InChI=1S/C16H25N3O/c1-3-9-17-16(20)18-10-6-11-19-13(2)12-14-7-4-5-8-15(14)19/h4-5,7-8,13H,3,6,9-12H2,1-2H3,(H2,17,18,20)/t13-/m1/s1. The van der Waals surface area contributed by atoms with E-state index in [-0.39, 0.29) is 6.03 Å². The molecule has 2 amide bonds. The molecule has 1 aromatic carbocycles. The SMILES string of the molecule is CCCNC(=O)NCCCN1c2ccccc2C[C@H]1C. The van der Waals surface area contributed by atoms with Gasteiger partial charge in [-0.05, 0) is 37.8 Å². The monoisotopic (exact) mass is 275 g/mol. The lowest BCUT2D eigenvalue weighted by Gasteiger charge is -2.24. The highest BCUT2D eigenvalue weighted by atomic mass is 16.2. The maximum Gasteiger partial charge on any atom is 0.314 e. The van der Waals surface area contributed by atoms with Crippen molar-refractivity contribution in [2.45, 2.75) is 39.2 Å². The quantitative estimate of drug-likeness (QED) is 0.784. The molecule has 0 fully saturated rings. The third kappa shape index (κ3) is 3.65. The van der Waals surface area contributed by atoms with E-state index in [9.17, 15) is 4.79 Å². The summed E-state index contributed by atoms with van der Waals surface area (Å²) in [6, 6.07) is 9.11. The average Bonchev–Trinajstić information content (AvgIpc) is 2.77. The van der Waals surface area contributed by atoms with Gasteiger partial charge < -0.3 is 15.5 Å². The number of carbonyl (C=O) groups excluding carboxylic acids is 1. The summed E-state index contributed by atoms with van der Waals surface area (Å²) < 4.78 is 0. The van der Waals surface area contributed by atoms with Crippen LogP contribution in [0.3, 0.4) is 0 Å². The van der Waals surface area contributed by atoms with Crippen molar-refractivity contribution in [1.82, 2.24) is 10.6 Å². The Morgan fingerprint density at radius 3 is 2.85 bits per heavy atom. The van der Waals surface area contributed by atoms with E-state index in [0.29, 0.717) is 6.04 Å². The van der Waals surface area contributed by atoms with Crippen molar-refractivity contribution < 1.29 is 4.79 Å². The van der Waals surface area contributed by atoms with Crippen molar-refractivity contribution in [3.63, 3.8) is 0 Å². The second kappa shape index (κ2) is 7.17. The maximum atomic E-state index is 11.4. The van der Waals surface area contributed by atoms with Crippen molar-refractivity contribution in [3.05, 3.63) is 29.8 Å². The molecule has 0 bridgehead atoms. The molecule has 2 N–H and O–H groups in total. The van der Waals surface area contributed by atoms with Crippen LogP contribution in [0.5, 0.6) is 0 Å². The van der Waals surface area contributed by atoms with Crippen LogP contribution in [0.25, 0.3) is 0 Å². The van der Waals surface area contributed by atoms with Crippen LogP contribution >= 0.6 is 0 Å². The van der Waals surface area contributed by atoms with Crippen LogP contribution in [-0.2, 0) is 6.42 Å². The first-order valence-corrected chi connectivity index (χ1v) is 7.58. The zero-order valence-electron chi connectivity index (χ0n) is 12.5. The number of hydrogen-bond donors (Lipinski definition) is 2. The van der Waals surface area contributed by atoms with Crippen molar-refractivity contribution in [3.8, 4) is 0 Å². The summed E-state index contributed by atoms with van der Waals surface area (Å²) in [5, 5.41) is 5.73. The largest absolute Gasteiger partial charge is 0.368 e. The summed E-state index contributed by atoms with van der Waals surface area (Å²) >= 11 is 0. The second-order valence-corrected chi connectivity index (χ2v) is 5.41. The third-order valence-corrected chi connectivity index (χ3v) is 3.75. The zero-order chi connectivity index (χ0) is 14.4. The van der Waals surface area contributed by atoms with Gasteiger partial charge in [-0.25, -0.2) is 4.79 Å². The highest BCUT2D eigenvalue weighted by molar-refractivity contribution is 5.73. The van der Waals surface area contributed by atoms with Gasteiger partial charge in [-0.1, -0.05) is 25.1 Å². The molecule has 0 unspecified atom stereocenters. The first-order chi connectivity index (χ1) is 9.72. The van der Waals surface area contributed by atoms with E-state index < -0.39 is 0 Å². The van der Waals surface area contributed by atoms with Crippen LogP contribution in [0.15, 0.2) is 24.3 Å². The van der Waals surface area contributed by atoms with Gasteiger partial charge in [0, 0.05) is 31.4 Å². The van der Waals surface area contributed by atoms with E-state index in [0.717, 1.165) is 38.9 Å². The van der Waals surface area contributed by atoms with E-state index in [4.69, 9.17) is 0 Å². The number of amides is 2. The van der Waals surface area contributed by atoms with Crippen molar-refractivity contribution in [1.29, 1.82) is 0 Å². The molecule has 0 radical (unpaired) electrons. The summed E-state index contributed by atoms with van der Waals surface area (Å²) in [5.41, 5.74) is 2.80. The number of fused-ring (bicyclic) bond motifs is 1. The number of nitrogens with zero attached hydrogens (tertiary/aromatic N) is 1. The number of nitrogens with one attached hydrogen (secondary N) is 2. The first kappa shape index (κ1) is 14.7. The van der Waals surface area contributed by atoms with Gasteiger partial charge in [0.05, 0.1) is 0 Å². The molecule has 1 aromatic rings. The van der Waals surface area contributed by atoms with Gasteiger partial charge in [-0.15, -0.1) is 0 Å². The fraction of sp³-hybridized carbons (Fsp3) is 0.562. The second-order valence-electron chi connectivity index (χ2n) is 5.41. The fourth-order valence-corrected chi connectivity index (χ4v) is 2.72. The Bertz CT molecular complexity index is 447. The average molecular weight is 275 g/mol. The molecule has 4 heteroatoms. The molecule has 0 aromatic heterocycles. The predicted molar refractivity (Wildman–Crippen MR) is 83.3 cm³/mol. The van der Waals surface area contributed by atoms with Gasteiger partial charge >= 0.3 is 6.03 Å². The Morgan fingerprint density at radius 2 is 2.05 bits per heavy atom. The van der Waals surface area contributed by atoms with Crippen LogP contribution in [0.1, 0.15) is 32.3 Å². The zero-order valence-corrected chi connectivity index (χ0v) is 12.5. The molecule has 2 rings (SSSR count). The molecular formula is C16H25N3O. The number of benzene rings is 1. The fourth-order valence-electron chi connectivity index (χ4n) is 2.72. The lowest BCUT2D eigenvalue weighted by Crippen LogP contribution is -2.38. The van der Waals surface area contributed by atoms with Crippen LogP contribution in [0.4, 0.5) is 10.5 Å². The first-order valence-electron chi connectivity index (χ1n) is 7.58. The Labute approximate surface area is 121 Å². The molecule has 0 spiro atoms. The number of carbonyl (C=O) groups is 1. The predicted octanol–water partition coefficient (Wildman–Crippen LogP) is 2.54. The number of urea groups is 1. The summed E-state index contributed by atoms with van der Waals surface area (Å²) in [5.74, 6) is 0.